The molecule has 0 saturated carbocycles. The highest BCUT2D eigenvalue weighted by molar-refractivity contribution is 7.89. The molecule has 1 saturated heterocycles. The number of ether oxygens (including phenoxy) is 1. The molecule has 124 valence electrons. The predicted molar refractivity (Wildman–Crippen MR) is 88.7 cm³/mol. The number of hydrogen-bond acceptors (Lipinski definition) is 4. The minimum Gasteiger partial charge on any atom is -0.379 e. The van der Waals surface area contributed by atoms with E-state index >= 15 is 0 Å². The normalized spacial score (nSPS) is 18.3. The monoisotopic (exact) mass is 346 g/mol. The highest BCUT2D eigenvalue weighted by Crippen LogP contribution is 2.27. The summed E-state index contributed by atoms with van der Waals surface area (Å²) in [6, 6.07) is 7.52. The van der Waals surface area contributed by atoms with Gasteiger partial charge in [0, 0.05) is 30.7 Å². The molecule has 22 heavy (non-hydrogen) atoms. The summed E-state index contributed by atoms with van der Waals surface area (Å²) in [6.45, 7) is 5.03. The molecule has 1 atom stereocenters. The Hall–Kier alpha value is -0.660. The summed E-state index contributed by atoms with van der Waals surface area (Å²) in [5, 5.41) is 0.661. The summed E-state index contributed by atoms with van der Waals surface area (Å²) >= 11 is 6.31. The molecule has 1 N–H and O–H groups in total. The summed E-state index contributed by atoms with van der Waals surface area (Å²) in [4.78, 5) is 2.22. The van der Waals surface area contributed by atoms with E-state index in [4.69, 9.17) is 16.3 Å². The third-order valence-corrected chi connectivity index (χ3v) is 5.62. The van der Waals surface area contributed by atoms with Gasteiger partial charge in [-0.1, -0.05) is 36.7 Å². The lowest BCUT2D eigenvalue weighted by Gasteiger charge is -2.35. The van der Waals surface area contributed by atoms with Crippen LogP contribution in [0.3, 0.4) is 0 Å². The maximum atomic E-state index is 11.9. The van der Waals surface area contributed by atoms with E-state index in [0.717, 1.165) is 18.7 Å². The first-order valence-electron chi connectivity index (χ1n) is 7.57. The molecule has 2 rings (SSSR count). The van der Waals surface area contributed by atoms with Crippen LogP contribution >= 0.6 is 11.6 Å². The van der Waals surface area contributed by atoms with Crippen LogP contribution in [0.15, 0.2) is 24.3 Å². The van der Waals surface area contributed by atoms with Gasteiger partial charge >= 0.3 is 0 Å². The summed E-state index contributed by atoms with van der Waals surface area (Å²) in [5.74, 6) is 0.144. The van der Waals surface area contributed by atoms with Crippen LogP contribution in [-0.4, -0.2) is 51.9 Å². The van der Waals surface area contributed by atoms with Crippen LogP contribution in [0.2, 0.25) is 5.02 Å². The minimum absolute atomic E-state index is 0.0794. The third kappa shape index (κ3) is 4.93. The van der Waals surface area contributed by atoms with Gasteiger partial charge in [-0.15, -0.1) is 0 Å². The Balaban J connectivity index is 2.16. The van der Waals surface area contributed by atoms with Gasteiger partial charge in [-0.05, 0) is 18.1 Å². The van der Waals surface area contributed by atoms with Gasteiger partial charge < -0.3 is 4.74 Å². The number of morpholine rings is 1. The topological polar surface area (TPSA) is 58.6 Å². The maximum Gasteiger partial charge on any atom is 0.211 e. The van der Waals surface area contributed by atoms with Crippen molar-refractivity contribution in [3.8, 4) is 0 Å². The Morgan fingerprint density at radius 3 is 2.64 bits per heavy atom. The molecule has 0 amide bonds. The highest BCUT2D eigenvalue weighted by Gasteiger charge is 2.25. The molecule has 0 bridgehead atoms. The Bertz CT molecular complexity index is 574. The lowest BCUT2D eigenvalue weighted by atomic mass is 10.0. The molecule has 5 nitrogen and oxygen atoms in total. The SMILES string of the molecule is CCCS(=O)(=O)NCC(c1ccccc1Cl)N1CCOCC1. The molecule has 1 aliphatic rings. The number of nitrogens with zero attached hydrogens (tertiary/aromatic N) is 1. The maximum absolute atomic E-state index is 11.9. The van der Waals surface area contributed by atoms with E-state index in [-0.39, 0.29) is 11.8 Å². The average molecular weight is 347 g/mol. The van der Waals surface area contributed by atoms with Crippen LogP contribution in [-0.2, 0) is 14.8 Å². The van der Waals surface area contributed by atoms with Crippen LogP contribution in [0, 0.1) is 0 Å². The predicted octanol–water partition coefficient (Wildman–Crippen LogP) is 2.04. The minimum atomic E-state index is -3.24. The van der Waals surface area contributed by atoms with Crippen LogP contribution in [0.4, 0.5) is 0 Å². The molecule has 7 heteroatoms. The first-order chi connectivity index (χ1) is 10.5. The van der Waals surface area contributed by atoms with Gasteiger partial charge in [0.15, 0.2) is 0 Å². The zero-order valence-corrected chi connectivity index (χ0v) is 14.4. The van der Waals surface area contributed by atoms with Crippen molar-refractivity contribution in [2.24, 2.45) is 0 Å². The van der Waals surface area contributed by atoms with Crippen LogP contribution in [0.25, 0.3) is 0 Å². The van der Waals surface area contributed by atoms with Crippen molar-refractivity contribution >= 4 is 21.6 Å². The second-order valence-electron chi connectivity index (χ2n) is 5.35. The van der Waals surface area contributed by atoms with E-state index in [9.17, 15) is 8.42 Å². The molecule has 1 aromatic rings. The molecule has 0 radical (unpaired) electrons. The zero-order valence-electron chi connectivity index (χ0n) is 12.8. The van der Waals surface area contributed by atoms with Crippen molar-refractivity contribution in [2.75, 3.05) is 38.6 Å². The summed E-state index contributed by atoms with van der Waals surface area (Å²) < 4.78 is 32.0. The molecule has 0 aromatic heterocycles. The van der Waals surface area contributed by atoms with Gasteiger partial charge in [0.25, 0.3) is 0 Å². The van der Waals surface area contributed by atoms with Gasteiger partial charge in [-0.3, -0.25) is 4.90 Å². The molecule has 1 aliphatic heterocycles. The van der Waals surface area contributed by atoms with Crippen molar-refractivity contribution in [3.63, 3.8) is 0 Å². The van der Waals surface area contributed by atoms with Crippen molar-refractivity contribution in [1.82, 2.24) is 9.62 Å². The smallest absolute Gasteiger partial charge is 0.211 e. The van der Waals surface area contributed by atoms with E-state index in [1.807, 2.05) is 31.2 Å². The Kier molecular flexibility index (Phi) is 6.65. The highest BCUT2D eigenvalue weighted by atomic mass is 35.5. The number of halogens is 1. The molecule has 1 aromatic carbocycles. The van der Waals surface area contributed by atoms with E-state index in [0.29, 0.717) is 31.2 Å². The number of rotatable bonds is 7. The fourth-order valence-electron chi connectivity index (χ4n) is 2.62. The first kappa shape index (κ1) is 17.7. The number of nitrogens with one attached hydrogen (secondary N) is 1. The Morgan fingerprint density at radius 2 is 2.00 bits per heavy atom. The molecule has 1 fully saturated rings. The van der Waals surface area contributed by atoms with E-state index < -0.39 is 10.0 Å². The lowest BCUT2D eigenvalue weighted by molar-refractivity contribution is 0.0172. The first-order valence-corrected chi connectivity index (χ1v) is 9.60. The van der Waals surface area contributed by atoms with Crippen LogP contribution < -0.4 is 4.72 Å². The summed E-state index contributed by atoms with van der Waals surface area (Å²) in [5.41, 5.74) is 0.949. The summed E-state index contributed by atoms with van der Waals surface area (Å²) in [7, 11) is -3.24. The number of hydrogen-bond donors (Lipinski definition) is 1. The number of sulfonamides is 1. The van der Waals surface area contributed by atoms with Crippen molar-refractivity contribution in [3.05, 3.63) is 34.9 Å². The second kappa shape index (κ2) is 8.26. The van der Waals surface area contributed by atoms with E-state index in [1.165, 1.54) is 0 Å². The largest absolute Gasteiger partial charge is 0.379 e. The second-order valence-corrected chi connectivity index (χ2v) is 7.69. The zero-order chi connectivity index (χ0) is 16.0. The Labute approximate surface area is 137 Å². The number of benzene rings is 1. The van der Waals surface area contributed by atoms with Crippen LogP contribution in [0.1, 0.15) is 24.9 Å². The quantitative estimate of drug-likeness (QED) is 0.820. The average Bonchev–Trinajstić information content (AvgIpc) is 2.50. The van der Waals surface area contributed by atoms with Crippen LogP contribution in [0.5, 0.6) is 0 Å². The van der Waals surface area contributed by atoms with Crippen molar-refractivity contribution in [2.45, 2.75) is 19.4 Å². The fraction of sp³-hybridized carbons (Fsp3) is 0.600. The van der Waals surface area contributed by atoms with Gasteiger partial charge in [0.05, 0.1) is 19.0 Å². The molecule has 0 aliphatic carbocycles. The molecular formula is C15H23ClN2O3S. The van der Waals surface area contributed by atoms with E-state index in [1.54, 1.807) is 0 Å². The van der Waals surface area contributed by atoms with Gasteiger partial charge in [0.2, 0.25) is 10.0 Å². The fourth-order valence-corrected chi connectivity index (χ4v) is 3.97. The van der Waals surface area contributed by atoms with Crippen molar-refractivity contribution in [1.29, 1.82) is 0 Å². The lowest BCUT2D eigenvalue weighted by Crippen LogP contribution is -2.44. The van der Waals surface area contributed by atoms with E-state index in [2.05, 4.69) is 9.62 Å². The third-order valence-electron chi connectivity index (χ3n) is 3.72. The molecule has 0 spiro atoms. The molecular weight excluding hydrogens is 324 g/mol. The van der Waals surface area contributed by atoms with Gasteiger partial charge in [-0.2, -0.15) is 0 Å². The van der Waals surface area contributed by atoms with Gasteiger partial charge in [-0.25, -0.2) is 13.1 Å². The van der Waals surface area contributed by atoms with Gasteiger partial charge in [0.1, 0.15) is 0 Å². The Morgan fingerprint density at radius 1 is 1.32 bits per heavy atom. The molecule has 1 heterocycles. The van der Waals surface area contributed by atoms with Crippen molar-refractivity contribution < 1.29 is 13.2 Å². The standard InChI is InChI=1S/C15H23ClN2O3S/c1-2-11-22(19,20)17-12-15(18-7-9-21-10-8-18)13-5-3-4-6-14(13)16/h3-6,15,17H,2,7-12H2,1H3. The summed E-state index contributed by atoms with van der Waals surface area (Å²) in [6.07, 6.45) is 0.601. The molecule has 1 unspecified atom stereocenters.